The minimum atomic E-state index is -0.512. The lowest BCUT2D eigenvalue weighted by Crippen LogP contribution is -2.21. The largest absolute Gasteiger partial charge is 0.507 e. The molecule has 0 saturated carbocycles. The van der Waals surface area contributed by atoms with Gasteiger partial charge in [0.1, 0.15) is 17.2 Å². The third-order valence-electron chi connectivity index (χ3n) is 3.31. The number of methoxy groups -OCH3 is 1. The van der Waals surface area contributed by atoms with Gasteiger partial charge < -0.3 is 14.9 Å². The number of ether oxygens (including phenoxy) is 1. The van der Waals surface area contributed by atoms with E-state index in [1.54, 1.807) is 0 Å². The van der Waals surface area contributed by atoms with Gasteiger partial charge in [-0.05, 0) is 12.1 Å². The number of phenolic OH excluding ortho intramolecular Hbond substituents is 2. The fourth-order valence-electron chi connectivity index (χ4n) is 2.37. The van der Waals surface area contributed by atoms with Crippen molar-refractivity contribution in [2.75, 3.05) is 7.11 Å². The monoisotopic (exact) mass is 270 g/mol. The lowest BCUT2D eigenvalue weighted by Gasteiger charge is -2.19. The highest BCUT2D eigenvalue weighted by Crippen LogP contribution is 2.38. The maximum Gasteiger partial charge on any atom is 0.198 e. The Morgan fingerprint density at radius 1 is 0.900 bits per heavy atom. The van der Waals surface area contributed by atoms with Crippen molar-refractivity contribution < 1.29 is 24.5 Å². The molecule has 0 saturated heterocycles. The Bertz CT molecular complexity index is 761. The predicted octanol–water partition coefficient (Wildman–Crippen LogP) is 1.88. The molecule has 0 fully saturated rings. The third-order valence-corrected chi connectivity index (χ3v) is 3.31. The first kappa shape index (κ1) is 12.2. The summed E-state index contributed by atoms with van der Waals surface area (Å²) in [5, 5.41) is 19.7. The molecule has 0 aliphatic heterocycles. The van der Waals surface area contributed by atoms with Crippen LogP contribution in [-0.2, 0) is 0 Å². The summed E-state index contributed by atoms with van der Waals surface area (Å²) in [7, 11) is 1.39. The van der Waals surface area contributed by atoms with Crippen molar-refractivity contribution in [3.8, 4) is 17.2 Å². The second kappa shape index (κ2) is 4.09. The molecule has 5 nitrogen and oxygen atoms in total. The van der Waals surface area contributed by atoms with Crippen LogP contribution in [0.15, 0.2) is 30.3 Å². The maximum absolute atomic E-state index is 12.4. The Balaban J connectivity index is 2.35. The SMILES string of the molecule is COc1cc(O)c2c(c1)C(=O)c1c(O)cccc1C2=O. The van der Waals surface area contributed by atoms with Crippen LogP contribution < -0.4 is 4.74 Å². The predicted molar refractivity (Wildman–Crippen MR) is 69.6 cm³/mol. The van der Waals surface area contributed by atoms with Crippen LogP contribution in [0.4, 0.5) is 0 Å². The van der Waals surface area contributed by atoms with Gasteiger partial charge in [-0.15, -0.1) is 0 Å². The van der Waals surface area contributed by atoms with Crippen LogP contribution >= 0.6 is 0 Å². The highest BCUT2D eigenvalue weighted by molar-refractivity contribution is 6.30. The van der Waals surface area contributed by atoms with Crippen molar-refractivity contribution >= 4 is 11.6 Å². The number of hydrogen-bond donors (Lipinski definition) is 2. The van der Waals surface area contributed by atoms with Crippen molar-refractivity contribution in [3.05, 3.63) is 52.6 Å². The number of phenols is 2. The van der Waals surface area contributed by atoms with Crippen LogP contribution in [0.1, 0.15) is 31.8 Å². The van der Waals surface area contributed by atoms with Gasteiger partial charge in [0.25, 0.3) is 0 Å². The van der Waals surface area contributed by atoms with Gasteiger partial charge in [0.15, 0.2) is 11.6 Å². The molecule has 2 N–H and O–H groups in total. The molecule has 0 unspecified atom stereocenters. The second-order valence-electron chi connectivity index (χ2n) is 4.43. The van der Waals surface area contributed by atoms with Gasteiger partial charge in [-0.25, -0.2) is 0 Å². The van der Waals surface area contributed by atoms with E-state index in [2.05, 4.69) is 0 Å². The summed E-state index contributed by atoms with van der Waals surface area (Å²) in [5.41, 5.74) is 0.00960. The van der Waals surface area contributed by atoms with Gasteiger partial charge in [0.05, 0.1) is 18.2 Å². The molecule has 0 atom stereocenters. The van der Waals surface area contributed by atoms with E-state index in [1.807, 2.05) is 0 Å². The van der Waals surface area contributed by atoms with Crippen LogP contribution in [0.3, 0.4) is 0 Å². The molecule has 2 aromatic rings. The molecule has 1 aliphatic carbocycles. The molecule has 0 radical (unpaired) electrons. The highest BCUT2D eigenvalue weighted by Gasteiger charge is 2.34. The first-order valence-electron chi connectivity index (χ1n) is 5.87. The number of hydrogen-bond acceptors (Lipinski definition) is 5. The summed E-state index contributed by atoms with van der Waals surface area (Å²) in [6.07, 6.45) is 0. The van der Waals surface area contributed by atoms with Gasteiger partial charge in [-0.1, -0.05) is 12.1 Å². The second-order valence-corrected chi connectivity index (χ2v) is 4.43. The summed E-state index contributed by atoms with van der Waals surface area (Å²) in [6.45, 7) is 0. The third kappa shape index (κ3) is 1.50. The average Bonchev–Trinajstić information content (AvgIpc) is 2.43. The molecule has 0 aromatic heterocycles. The zero-order valence-electron chi connectivity index (χ0n) is 10.5. The summed E-state index contributed by atoms with van der Waals surface area (Å²) < 4.78 is 4.98. The van der Waals surface area contributed by atoms with Crippen LogP contribution in [0, 0.1) is 0 Å². The topological polar surface area (TPSA) is 83.8 Å². The van der Waals surface area contributed by atoms with Crippen LogP contribution in [0.2, 0.25) is 0 Å². The summed E-state index contributed by atoms with van der Waals surface area (Å²) in [4.78, 5) is 24.8. The smallest absolute Gasteiger partial charge is 0.198 e. The van der Waals surface area contributed by atoms with E-state index in [0.717, 1.165) is 0 Å². The van der Waals surface area contributed by atoms with Crippen molar-refractivity contribution in [2.45, 2.75) is 0 Å². The zero-order valence-corrected chi connectivity index (χ0v) is 10.5. The number of aromatic hydroxyl groups is 2. The van der Waals surface area contributed by atoms with Crippen molar-refractivity contribution in [1.82, 2.24) is 0 Å². The molecule has 2 aromatic carbocycles. The summed E-state index contributed by atoms with van der Waals surface area (Å²) in [5.74, 6) is -1.31. The van der Waals surface area contributed by atoms with Crippen molar-refractivity contribution in [2.24, 2.45) is 0 Å². The number of benzene rings is 2. The van der Waals surface area contributed by atoms with E-state index in [-0.39, 0.29) is 39.5 Å². The number of ketones is 2. The Morgan fingerprint density at radius 2 is 1.55 bits per heavy atom. The zero-order chi connectivity index (χ0) is 14.4. The molecule has 100 valence electrons. The minimum Gasteiger partial charge on any atom is -0.507 e. The van der Waals surface area contributed by atoms with E-state index in [1.165, 1.54) is 37.4 Å². The normalized spacial score (nSPS) is 12.8. The first-order chi connectivity index (χ1) is 9.54. The fourth-order valence-corrected chi connectivity index (χ4v) is 2.37. The molecule has 0 spiro atoms. The molecule has 3 rings (SSSR count). The quantitative estimate of drug-likeness (QED) is 0.705. The van der Waals surface area contributed by atoms with Gasteiger partial charge in [0.2, 0.25) is 0 Å². The molecule has 20 heavy (non-hydrogen) atoms. The van der Waals surface area contributed by atoms with Gasteiger partial charge in [0, 0.05) is 17.2 Å². The fraction of sp³-hybridized carbons (Fsp3) is 0.0667. The molecular weight excluding hydrogens is 260 g/mol. The van der Waals surface area contributed by atoms with E-state index < -0.39 is 11.6 Å². The molecule has 0 heterocycles. The van der Waals surface area contributed by atoms with Crippen molar-refractivity contribution in [3.63, 3.8) is 0 Å². The highest BCUT2D eigenvalue weighted by atomic mass is 16.5. The number of carbonyl (C=O) groups excluding carboxylic acids is 2. The van der Waals surface area contributed by atoms with Crippen LogP contribution in [0.5, 0.6) is 17.2 Å². The Kier molecular flexibility index (Phi) is 2.50. The molecule has 1 aliphatic rings. The van der Waals surface area contributed by atoms with E-state index in [9.17, 15) is 19.8 Å². The average molecular weight is 270 g/mol. The van der Waals surface area contributed by atoms with E-state index in [0.29, 0.717) is 0 Å². The van der Waals surface area contributed by atoms with Crippen LogP contribution in [0.25, 0.3) is 0 Å². The summed E-state index contributed by atoms with van der Waals surface area (Å²) >= 11 is 0. The minimum absolute atomic E-state index is 0.0286. The molecule has 0 bridgehead atoms. The van der Waals surface area contributed by atoms with Crippen molar-refractivity contribution in [1.29, 1.82) is 0 Å². The Morgan fingerprint density at radius 3 is 2.25 bits per heavy atom. The van der Waals surface area contributed by atoms with Crippen LogP contribution in [-0.4, -0.2) is 28.9 Å². The maximum atomic E-state index is 12.4. The molecule has 5 heteroatoms. The van der Waals surface area contributed by atoms with Gasteiger partial charge in [-0.2, -0.15) is 0 Å². The summed E-state index contributed by atoms with van der Waals surface area (Å²) in [6, 6.07) is 6.92. The molecular formula is C15H10O5. The lowest BCUT2D eigenvalue weighted by molar-refractivity contribution is 0.0974. The number of rotatable bonds is 1. The molecule has 0 amide bonds. The number of carbonyl (C=O) groups is 2. The van der Waals surface area contributed by atoms with E-state index >= 15 is 0 Å². The Hall–Kier alpha value is -2.82. The van der Waals surface area contributed by atoms with Gasteiger partial charge in [-0.3, -0.25) is 9.59 Å². The Labute approximate surface area is 114 Å². The lowest BCUT2D eigenvalue weighted by atomic mass is 9.83. The standard InChI is InChI=1S/C15H10O5/c1-20-7-5-9-13(11(17)6-7)14(18)8-3-2-4-10(16)12(8)15(9)19/h2-6,16-17H,1H3. The number of fused-ring (bicyclic) bond motifs is 2. The van der Waals surface area contributed by atoms with E-state index in [4.69, 9.17) is 4.74 Å². The first-order valence-corrected chi connectivity index (χ1v) is 5.87. The van der Waals surface area contributed by atoms with Gasteiger partial charge >= 0.3 is 0 Å².